The van der Waals surface area contributed by atoms with Gasteiger partial charge >= 0.3 is 0 Å². The molecule has 0 aliphatic heterocycles. The molecule has 1 heterocycles. The van der Waals surface area contributed by atoms with Crippen LogP contribution in [-0.2, 0) is 0 Å². The normalized spacial score (nSPS) is 9.50. The lowest BCUT2D eigenvalue weighted by molar-refractivity contribution is 0.435. The highest BCUT2D eigenvalue weighted by Gasteiger charge is 2.09. The number of nitrogen functional groups attached to an aromatic ring is 1. The number of nitrogens with two attached hydrogens (primary N) is 1. The highest BCUT2D eigenvalue weighted by molar-refractivity contribution is 5.85. The molecule has 4 heteroatoms. The van der Waals surface area contributed by atoms with Gasteiger partial charge in [0.25, 0.3) is 0 Å². The van der Waals surface area contributed by atoms with Crippen molar-refractivity contribution in [3.63, 3.8) is 0 Å². The van der Waals surface area contributed by atoms with E-state index < -0.39 is 0 Å². The monoisotopic (exact) mass is 210 g/mol. The summed E-state index contributed by atoms with van der Waals surface area (Å²) in [6.45, 7) is 1.90. The molecule has 2 rings (SSSR count). The van der Waals surface area contributed by atoms with Crippen LogP contribution in [0.4, 0.5) is 5.82 Å². The van der Waals surface area contributed by atoms with Crippen molar-refractivity contribution in [2.45, 2.75) is 6.92 Å². The molecule has 0 fully saturated rings. The number of halogens is 1. The van der Waals surface area contributed by atoms with E-state index in [2.05, 4.69) is 5.16 Å². The topological polar surface area (TPSA) is 52.0 Å². The van der Waals surface area contributed by atoms with Crippen molar-refractivity contribution in [2.75, 3.05) is 5.73 Å². The van der Waals surface area contributed by atoms with Crippen molar-refractivity contribution in [3.05, 3.63) is 35.9 Å². The molecule has 1 aromatic heterocycles. The van der Waals surface area contributed by atoms with Gasteiger partial charge in [0.15, 0.2) is 11.6 Å². The minimum atomic E-state index is 0. The van der Waals surface area contributed by atoms with Gasteiger partial charge in [0.05, 0.1) is 0 Å². The first kappa shape index (κ1) is 10.6. The molecule has 0 atom stereocenters. The first-order valence-electron chi connectivity index (χ1n) is 4.06. The van der Waals surface area contributed by atoms with Gasteiger partial charge < -0.3 is 10.3 Å². The summed E-state index contributed by atoms with van der Waals surface area (Å²) >= 11 is 0. The molecule has 0 aliphatic rings. The van der Waals surface area contributed by atoms with Crippen molar-refractivity contribution < 1.29 is 4.52 Å². The molecule has 3 nitrogen and oxygen atoms in total. The molecular weight excluding hydrogens is 200 g/mol. The maximum atomic E-state index is 5.57. The van der Waals surface area contributed by atoms with E-state index in [1.807, 2.05) is 37.3 Å². The number of anilines is 1. The average Bonchev–Trinajstić information content (AvgIpc) is 2.49. The second-order valence-corrected chi connectivity index (χ2v) is 2.89. The summed E-state index contributed by atoms with van der Waals surface area (Å²) in [5.41, 5.74) is 7.47. The molecule has 2 aromatic rings. The van der Waals surface area contributed by atoms with Gasteiger partial charge in [-0.25, -0.2) is 0 Å². The van der Waals surface area contributed by atoms with Crippen LogP contribution in [0.5, 0.6) is 0 Å². The van der Waals surface area contributed by atoms with Gasteiger partial charge in [0, 0.05) is 11.1 Å². The van der Waals surface area contributed by atoms with Gasteiger partial charge in [-0.3, -0.25) is 0 Å². The zero-order chi connectivity index (χ0) is 9.26. The summed E-state index contributed by atoms with van der Waals surface area (Å²) in [6, 6.07) is 9.79. The smallest absolute Gasteiger partial charge is 0.171 e. The summed E-state index contributed by atoms with van der Waals surface area (Å²) in [6.07, 6.45) is 0. The second kappa shape index (κ2) is 4.15. The van der Waals surface area contributed by atoms with Crippen LogP contribution in [0.3, 0.4) is 0 Å². The molecule has 0 amide bonds. The van der Waals surface area contributed by atoms with E-state index in [0.29, 0.717) is 5.82 Å². The molecule has 0 bridgehead atoms. The fourth-order valence-electron chi connectivity index (χ4n) is 1.21. The minimum Gasteiger partial charge on any atom is -0.381 e. The number of hydrogen-bond acceptors (Lipinski definition) is 3. The molecule has 0 aliphatic carbocycles. The Hall–Kier alpha value is -1.48. The third-order valence-electron chi connectivity index (χ3n) is 2.00. The van der Waals surface area contributed by atoms with Crippen LogP contribution in [0.2, 0.25) is 0 Å². The van der Waals surface area contributed by atoms with Crippen molar-refractivity contribution in [3.8, 4) is 11.3 Å². The third kappa shape index (κ3) is 1.72. The van der Waals surface area contributed by atoms with Crippen molar-refractivity contribution in [1.29, 1.82) is 0 Å². The Morgan fingerprint density at radius 2 is 1.86 bits per heavy atom. The van der Waals surface area contributed by atoms with Crippen molar-refractivity contribution >= 4 is 18.2 Å². The van der Waals surface area contributed by atoms with E-state index in [-0.39, 0.29) is 12.4 Å². The maximum absolute atomic E-state index is 5.57. The Kier molecular flexibility index (Phi) is 3.14. The quantitative estimate of drug-likeness (QED) is 0.787. The number of benzene rings is 1. The summed E-state index contributed by atoms with van der Waals surface area (Å²) in [5, 5.41) is 3.70. The predicted octanol–water partition coefficient (Wildman–Crippen LogP) is 2.65. The number of hydrogen-bond donors (Lipinski definition) is 1. The molecule has 74 valence electrons. The van der Waals surface area contributed by atoms with Gasteiger partial charge in [-0.1, -0.05) is 35.5 Å². The van der Waals surface area contributed by atoms with Crippen LogP contribution in [0.1, 0.15) is 5.56 Å². The van der Waals surface area contributed by atoms with E-state index in [1.54, 1.807) is 0 Å². The zero-order valence-corrected chi connectivity index (χ0v) is 8.54. The Labute approximate surface area is 88.3 Å². The van der Waals surface area contributed by atoms with Crippen molar-refractivity contribution in [2.24, 2.45) is 0 Å². The van der Waals surface area contributed by atoms with Crippen molar-refractivity contribution in [1.82, 2.24) is 5.16 Å². The first-order chi connectivity index (χ1) is 6.29. The fourth-order valence-corrected chi connectivity index (χ4v) is 1.21. The van der Waals surface area contributed by atoms with E-state index >= 15 is 0 Å². The summed E-state index contributed by atoms with van der Waals surface area (Å²) in [7, 11) is 0. The van der Waals surface area contributed by atoms with E-state index in [1.165, 1.54) is 0 Å². The number of aromatic nitrogens is 1. The maximum Gasteiger partial charge on any atom is 0.171 e. The zero-order valence-electron chi connectivity index (χ0n) is 7.73. The molecule has 14 heavy (non-hydrogen) atoms. The number of rotatable bonds is 1. The van der Waals surface area contributed by atoms with E-state index in [4.69, 9.17) is 10.3 Å². The average molecular weight is 211 g/mol. The van der Waals surface area contributed by atoms with Gasteiger partial charge in [0.2, 0.25) is 0 Å². The highest BCUT2D eigenvalue weighted by atomic mass is 35.5. The van der Waals surface area contributed by atoms with Gasteiger partial charge in [-0.2, -0.15) is 0 Å². The van der Waals surface area contributed by atoms with Gasteiger partial charge in [-0.05, 0) is 6.92 Å². The Morgan fingerprint density at radius 1 is 1.21 bits per heavy atom. The van der Waals surface area contributed by atoms with E-state index in [0.717, 1.165) is 16.9 Å². The molecule has 0 saturated heterocycles. The molecule has 1 aromatic carbocycles. The Morgan fingerprint density at radius 3 is 2.36 bits per heavy atom. The predicted molar refractivity (Wildman–Crippen MR) is 58.3 cm³/mol. The summed E-state index contributed by atoms with van der Waals surface area (Å²) < 4.78 is 5.11. The van der Waals surface area contributed by atoms with Crippen LogP contribution in [-0.4, -0.2) is 5.16 Å². The van der Waals surface area contributed by atoms with Crippen LogP contribution >= 0.6 is 12.4 Å². The number of nitrogens with zero attached hydrogens (tertiary/aromatic N) is 1. The Balaban J connectivity index is 0.000000980. The largest absolute Gasteiger partial charge is 0.381 e. The van der Waals surface area contributed by atoms with Gasteiger partial charge in [-0.15, -0.1) is 12.4 Å². The molecule has 0 unspecified atom stereocenters. The van der Waals surface area contributed by atoms with Crippen LogP contribution in [0, 0.1) is 6.92 Å². The van der Waals surface area contributed by atoms with Crippen LogP contribution in [0.25, 0.3) is 11.3 Å². The second-order valence-electron chi connectivity index (χ2n) is 2.89. The SMILES string of the molecule is Cc1c(N)noc1-c1ccccc1.Cl. The lowest BCUT2D eigenvalue weighted by Crippen LogP contribution is -1.86. The molecule has 0 radical (unpaired) electrons. The summed E-state index contributed by atoms with van der Waals surface area (Å²) in [4.78, 5) is 0. The first-order valence-corrected chi connectivity index (χ1v) is 4.06. The molecule has 0 spiro atoms. The van der Waals surface area contributed by atoms with E-state index in [9.17, 15) is 0 Å². The minimum absolute atomic E-state index is 0. The fraction of sp³-hybridized carbons (Fsp3) is 0.100. The lowest BCUT2D eigenvalue weighted by Gasteiger charge is -1.95. The third-order valence-corrected chi connectivity index (χ3v) is 2.00. The summed E-state index contributed by atoms with van der Waals surface area (Å²) in [5.74, 6) is 1.21. The molecule has 0 saturated carbocycles. The standard InChI is InChI=1S/C10H10N2O.ClH/c1-7-9(13-12-10(7)11)8-5-3-2-4-6-8;/h2-6H,1H3,(H2,11,12);1H. The van der Waals surface area contributed by atoms with Crippen LogP contribution in [0.15, 0.2) is 34.9 Å². The highest BCUT2D eigenvalue weighted by Crippen LogP contribution is 2.25. The van der Waals surface area contributed by atoms with Crippen LogP contribution < -0.4 is 5.73 Å². The van der Waals surface area contributed by atoms with Gasteiger partial charge in [0.1, 0.15) is 0 Å². The molecular formula is C10H11ClN2O. The lowest BCUT2D eigenvalue weighted by atomic mass is 10.1. The molecule has 2 N–H and O–H groups in total. The Bertz CT molecular complexity index is 411.